The van der Waals surface area contributed by atoms with E-state index in [0.717, 1.165) is 35.8 Å². The molecule has 2 amide bonds. The van der Waals surface area contributed by atoms with E-state index in [1.54, 1.807) is 30.3 Å². The van der Waals surface area contributed by atoms with Gasteiger partial charge in [-0.1, -0.05) is 11.6 Å². The Morgan fingerprint density at radius 2 is 1.83 bits per heavy atom. The normalized spacial score (nSPS) is 19.8. The molecule has 2 aliphatic heterocycles. The fourth-order valence-corrected chi connectivity index (χ4v) is 4.71. The van der Waals surface area contributed by atoms with Gasteiger partial charge in [0.25, 0.3) is 11.8 Å². The van der Waals surface area contributed by atoms with E-state index < -0.39 is 11.8 Å². The molecule has 150 valence electrons. The van der Waals surface area contributed by atoms with Crippen LogP contribution in [0.4, 0.5) is 10.7 Å². The van der Waals surface area contributed by atoms with Crippen LogP contribution < -0.4 is 15.1 Å². The third kappa shape index (κ3) is 4.20. The Hall–Kier alpha value is -2.26. The van der Waals surface area contributed by atoms with Crippen LogP contribution >= 0.6 is 35.2 Å². The number of hydrogen-bond acceptors (Lipinski definition) is 6. The number of nitrogens with one attached hydrogen (secondary N) is 1. The minimum atomic E-state index is -0.513. The van der Waals surface area contributed by atoms with Crippen LogP contribution in [0.15, 0.2) is 42.0 Å². The van der Waals surface area contributed by atoms with Crippen LogP contribution in [0.5, 0.6) is 0 Å². The molecule has 0 bridgehead atoms. The summed E-state index contributed by atoms with van der Waals surface area (Å²) in [7, 11) is 0. The summed E-state index contributed by atoms with van der Waals surface area (Å²) in [5, 5.41) is 13.9. The first-order valence-corrected chi connectivity index (χ1v) is 10.7. The topological polar surface area (TPSA) is 72.9 Å². The Morgan fingerprint density at radius 1 is 1.14 bits per heavy atom. The Labute approximate surface area is 182 Å². The Bertz CT molecular complexity index is 995. The number of thiophene rings is 1. The molecule has 4 rings (SSSR count). The lowest BCUT2D eigenvalue weighted by atomic mass is 10.1. The third-order valence-electron chi connectivity index (χ3n) is 4.86. The minimum Gasteiger partial charge on any atom is -0.393 e. The number of anilines is 2. The molecule has 6 nitrogen and oxygen atoms in total. The monoisotopic (exact) mass is 447 g/mol. The van der Waals surface area contributed by atoms with E-state index in [2.05, 4.69) is 10.2 Å². The van der Waals surface area contributed by atoms with Gasteiger partial charge in [-0.25, -0.2) is 0 Å². The number of carbonyl (C=O) groups excluding carboxylic acids is 2. The predicted molar refractivity (Wildman–Crippen MR) is 119 cm³/mol. The average molecular weight is 448 g/mol. The molecule has 0 saturated carbocycles. The van der Waals surface area contributed by atoms with Gasteiger partial charge in [0, 0.05) is 23.0 Å². The summed E-state index contributed by atoms with van der Waals surface area (Å²) < 4.78 is 0. The molecule has 0 unspecified atom stereocenters. The molecule has 1 aromatic carbocycles. The van der Waals surface area contributed by atoms with Crippen molar-refractivity contribution in [2.45, 2.75) is 18.9 Å². The maximum atomic E-state index is 13.0. The average Bonchev–Trinajstić information content (AvgIpc) is 3.16. The van der Waals surface area contributed by atoms with Crippen LogP contribution in [0.2, 0.25) is 5.02 Å². The maximum absolute atomic E-state index is 13.0. The zero-order chi connectivity index (χ0) is 20.5. The number of piperidine rings is 1. The van der Waals surface area contributed by atoms with Gasteiger partial charge in [0.1, 0.15) is 5.57 Å². The van der Waals surface area contributed by atoms with E-state index in [-0.39, 0.29) is 16.8 Å². The van der Waals surface area contributed by atoms with Gasteiger partial charge in [-0.05, 0) is 67.5 Å². The van der Waals surface area contributed by atoms with Crippen molar-refractivity contribution in [2.24, 2.45) is 0 Å². The summed E-state index contributed by atoms with van der Waals surface area (Å²) in [6.45, 7) is 1.57. The van der Waals surface area contributed by atoms with Crippen LogP contribution in [0.25, 0.3) is 6.08 Å². The molecule has 2 N–H and O–H groups in total. The first-order chi connectivity index (χ1) is 13.9. The highest BCUT2D eigenvalue weighted by molar-refractivity contribution is 7.80. The molecule has 1 aromatic heterocycles. The number of nitrogens with zero attached hydrogens (tertiary/aromatic N) is 2. The predicted octanol–water partition coefficient (Wildman–Crippen LogP) is 3.19. The molecule has 2 saturated heterocycles. The lowest BCUT2D eigenvalue weighted by Gasteiger charge is -2.30. The van der Waals surface area contributed by atoms with Crippen LogP contribution in [-0.2, 0) is 9.59 Å². The number of hydrogen-bond donors (Lipinski definition) is 2. The lowest BCUT2D eigenvalue weighted by molar-refractivity contribution is -0.122. The van der Waals surface area contributed by atoms with Gasteiger partial charge in [0.15, 0.2) is 5.11 Å². The van der Waals surface area contributed by atoms with Crippen LogP contribution in [-0.4, -0.2) is 41.2 Å². The third-order valence-corrected chi connectivity index (χ3v) is 6.49. The Balaban J connectivity index is 1.59. The summed E-state index contributed by atoms with van der Waals surface area (Å²) >= 11 is 12.6. The van der Waals surface area contributed by atoms with Gasteiger partial charge in [0.2, 0.25) is 0 Å². The molecule has 2 aromatic rings. The highest BCUT2D eigenvalue weighted by Gasteiger charge is 2.34. The number of aliphatic hydroxyl groups excluding tert-OH is 1. The minimum absolute atomic E-state index is 0.0241. The molecule has 0 atom stereocenters. The molecular weight excluding hydrogens is 430 g/mol. The van der Waals surface area contributed by atoms with Crippen molar-refractivity contribution in [2.75, 3.05) is 22.9 Å². The van der Waals surface area contributed by atoms with E-state index >= 15 is 0 Å². The first kappa shape index (κ1) is 20.0. The molecule has 0 radical (unpaired) electrons. The maximum Gasteiger partial charge on any atom is 0.270 e. The molecule has 2 fully saturated rings. The van der Waals surface area contributed by atoms with Crippen molar-refractivity contribution < 1.29 is 14.7 Å². The molecule has 9 heteroatoms. The first-order valence-electron chi connectivity index (χ1n) is 9.12. The smallest absolute Gasteiger partial charge is 0.270 e. The molecule has 0 aliphatic carbocycles. The van der Waals surface area contributed by atoms with Crippen molar-refractivity contribution in [1.29, 1.82) is 0 Å². The largest absolute Gasteiger partial charge is 0.393 e. The standard InChI is InChI=1S/C20H18ClN3O3S2/c21-12-1-3-13(4-2-12)24-19(27)16(18(26)22-20(24)28)11-15-5-6-17(29-15)23-9-7-14(25)8-10-23/h1-6,11,14,25H,7-10H2,(H,22,26,28). The summed E-state index contributed by atoms with van der Waals surface area (Å²) in [5.74, 6) is -0.988. The van der Waals surface area contributed by atoms with E-state index in [9.17, 15) is 14.7 Å². The Morgan fingerprint density at radius 3 is 2.52 bits per heavy atom. The number of thiocarbonyl (C=S) groups is 1. The molecule has 0 spiro atoms. The number of halogens is 1. The van der Waals surface area contributed by atoms with Crippen LogP contribution in [0.1, 0.15) is 17.7 Å². The second-order valence-corrected chi connectivity index (χ2v) is 8.75. The summed E-state index contributed by atoms with van der Waals surface area (Å²) in [5.41, 5.74) is 0.560. The number of benzene rings is 1. The van der Waals surface area contributed by atoms with Gasteiger partial charge in [-0.15, -0.1) is 11.3 Å². The van der Waals surface area contributed by atoms with E-state index in [4.69, 9.17) is 23.8 Å². The number of carbonyl (C=O) groups is 2. The van der Waals surface area contributed by atoms with Gasteiger partial charge in [-0.2, -0.15) is 0 Å². The van der Waals surface area contributed by atoms with Crippen molar-refractivity contribution >= 4 is 68.8 Å². The summed E-state index contributed by atoms with van der Waals surface area (Å²) in [4.78, 5) is 29.7. The van der Waals surface area contributed by atoms with Gasteiger partial charge in [0.05, 0.1) is 16.8 Å². The van der Waals surface area contributed by atoms with Gasteiger partial charge in [-0.3, -0.25) is 19.8 Å². The Kier molecular flexibility index (Phi) is 5.69. The van der Waals surface area contributed by atoms with Crippen molar-refractivity contribution in [1.82, 2.24) is 5.32 Å². The molecular formula is C20H18ClN3O3S2. The van der Waals surface area contributed by atoms with Crippen LogP contribution in [0.3, 0.4) is 0 Å². The van der Waals surface area contributed by atoms with E-state index in [1.807, 2.05) is 12.1 Å². The van der Waals surface area contributed by atoms with Crippen molar-refractivity contribution in [3.63, 3.8) is 0 Å². The second kappa shape index (κ2) is 8.23. The number of rotatable bonds is 3. The summed E-state index contributed by atoms with van der Waals surface area (Å²) in [6, 6.07) is 10.5. The fraction of sp³-hybridized carbons (Fsp3) is 0.250. The number of amides is 2. The SMILES string of the molecule is O=C1NC(=S)N(c2ccc(Cl)cc2)C(=O)C1=Cc1ccc(N2CCC(O)CC2)s1. The van der Waals surface area contributed by atoms with Crippen LogP contribution in [0, 0.1) is 0 Å². The fourth-order valence-electron chi connectivity index (χ4n) is 3.30. The molecule has 3 heterocycles. The molecule has 2 aliphatic rings. The van der Waals surface area contributed by atoms with Gasteiger partial charge >= 0.3 is 0 Å². The summed E-state index contributed by atoms with van der Waals surface area (Å²) in [6.07, 6.45) is 2.83. The van der Waals surface area contributed by atoms with Gasteiger partial charge < -0.3 is 10.0 Å². The second-order valence-electron chi connectivity index (χ2n) is 6.83. The van der Waals surface area contributed by atoms with E-state index in [1.165, 1.54) is 16.2 Å². The van der Waals surface area contributed by atoms with Crippen molar-refractivity contribution in [3.8, 4) is 0 Å². The quantitative estimate of drug-likeness (QED) is 0.429. The lowest BCUT2D eigenvalue weighted by Crippen LogP contribution is -2.54. The number of aliphatic hydroxyl groups is 1. The highest BCUT2D eigenvalue weighted by atomic mass is 35.5. The van der Waals surface area contributed by atoms with E-state index in [0.29, 0.717) is 10.7 Å². The van der Waals surface area contributed by atoms with Crippen molar-refractivity contribution in [3.05, 3.63) is 51.9 Å². The zero-order valence-electron chi connectivity index (χ0n) is 15.3. The highest BCUT2D eigenvalue weighted by Crippen LogP contribution is 2.31. The molecule has 29 heavy (non-hydrogen) atoms. The zero-order valence-corrected chi connectivity index (χ0v) is 17.7.